The third-order valence-electron chi connectivity index (χ3n) is 4.07. The van der Waals surface area contributed by atoms with Gasteiger partial charge in [0.2, 0.25) is 0 Å². The van der Waals surface area contributed by atoms with Crippen LogP contribution in [-0.2, 0) is 13.5 Å². The molecule has 1 atom stereocenters. The van der Waals surface area contributed by atoms with Gasteiger partial charge in [-0.15, -0.1) is 10.2 Å². The van der Waals surface area contributed by atoms with Crippen molar-refractivity contribution >= 4 is 35.0 Å². The topological polar surface area (TPSA) is 56.5 Å². The molecule has 0 saturated heterocycles. The lowest BCUT2D eigenvalue weighted by Crippen LogP contribution is -1.98. The van der Waals surface area contributed by atoms with Gasteiger partial charge < -0.3 is 4.57 Å². The molecule has 3 aromatic rings. The van der Waals surface area contributed by atoms with Crippen LogP contribution in [0.15, 0.2) is 35.9 Å². The van der Waals surface area contributed by atoms with Crippen molar-refractivity contribution in [1.29, 1.82) is 0 Å². The van der Waals surface area contributed by atoms with Crippen molar-refractivity contribution in [1.82, 2.24) is 24.7 Å². The second-order valence-corrected chi connectivity index (χ2v) is 7.57. The van der Waals surface area contributed by atoms with Crippen LogP contribution >= 0.6 is 35.0 Å². The van der Waals surface area contributed by atoms with Crippen molar-refractivity contribution in [3.63, 3.8) is 0 Å². The molecule has 0 aliphatic heterocycles. The first-order valence-electron chi connectivity index (χ1n) is 7.43. The lowest BCUT2D eigenvalue weighted by Gasteiger charge is -2.11. The van der Waals surface area contributed by atoms with Crippen LogP contribution in [0, 0.1) is 0 Å². The van der Waals surface area contributed by atoms with E-state index in [1.165, 1.54) is 11.1 Å². The number of rotatable bonds is 3. The fourth-order valence-corrected chi connectivity index (χ4v) is 4.67. The van der Waals surface area contributed by atoms with Crippen LogP contribution in [0.2, 0.25) is 10.0 Å². The van der Waals surface area contributed by atoms with Gasteiger partial charge in [0.05, 0.1) is 6.20 Å². The molecule has 2 heterocycles. The van der Waals surface area contributed by atoms with Gasteiger partial charge >= 0.3 is 0 Å². The van der Waals surface area contributed by atoms with E-state index >= 15 is 0 Å². The Hall–Kier alpha value is -1.63. The molecule has 0 bridgehead atoms. The van der Waals surface area contributed by atoms with Gasteiger partial charge in [-0.3, -0.25) is 4.98 Å². The molecule has 0 radical (unpaired) electrons. The summed E-state index contributed by atoms with van der Waals surface area (Å²) in [6, 6.07) is 3.82. The van der Waals surface area contributed by atoms with Crippen molar-refractivity contribution in [2.45, 2.75) is 23.2 Å². The molecular formula is C16H13Cl2N5S. The smallest absolute Gasteiger partial charge is 0.191 e. The summed E-state index contributed by atoms with van der Waals surface area (Å²) in [7, 11) is 1.94. The van der Waals surface area contributed by atoms with Gasteiger partial charge in [0.25, 0.3) is 0 Å². The summed E-state index contributed by atoms with van der Waals surface area (Å²) in [4.78, 5) is 8.37. The summed E-state index contributed by atoms with van der Waals surface area (Å²) in [5, 5.41) is 11.1. The number of hydrogen-bond donors (Lipinski definition) is 0. The normalized spacial score (nSPS) is 16.4. The van der Waals surface area contributed by atoms with E-state index in [4.69, 9.17) is 23.2 Å². The van der Waals surface area contributed by atoms with Crippen molar-refractivity contribution in [3.8, 4) is 11.5 Å². The van der Waals surface area contributed by atoms with Gasteiger partial charge in [0.1, 0.15) is 5.69 Å². The van der Waals surface area contributed by atoms with Gasteiger partial charge in [-0.1, -0.05) is 35.0 Å². The molecule has 24 heavy (non-hydrogen) atoms. The zero-order valence-electron chi connectivity index (χ0n) is 12.8. The first kappa shape index (κ1) is 15.9. The minimum atomic E-state index is 0.272. The average Bonchev–Trinajstić information content (AvgIpc) is 3.14. The molecule has 4 rings (SSSR count). The van der Waals surface area contributed by atoms with E-state index in [0.717, 1.165) is 23.0 Å². The summed E-state index contributed by atoms with van der Waals surface area (Å²) >= 11 is 14.2. The van der Waals surface area contributed by atoms with Gasteiger partial charge in [-0.05, 0) is 36.1 Å². The fraction of sp³-hybridized carbons (Fsp3) is 0.250. The second-order valence-electron chi connectivity index (χ2n) is 5.56. The predicted octanol–water partition coefficient (Wildman–Crippen LogP) is 4.36. The number of hydrogen-bond acceptors (Lipinski definition) is 5. The van der Waals surface area contributed by atoms with Crippen LogP contribution in [0.5, 0.6) is 0 Å². The molecule has 0 amide bonds. The molecule has 0 unspecified atom stereocenters. The molecular weight excluding hydrogens is 365 g/mol. The van der Waals surface area contributed by atoms with Gasteiger partial charge in [0.15, 0.2) is 11.0 Å². The van der Waals surface area contributed by atoms with Crippen molar-refractivity contribution in [2.75, 3.05) is 0 Å². The minimum absolute atomic E-state index is 0.272. The Bertz CT molecular complexity index is 897. The van der Waals surface area contributed by atoms with Crippen LogP contribution in [0.3, 0.4) is 0 Å². The number of nitrogens with zero attached hydrogens (tertiary/aromatic N) is 5. The Morgan fingerprint density at radius 2 is 2.08 bits per heavy atom. The molecule has 0 fully saturated rings. The van der Waals surface area contributed by atoms with E-state index < -0.39 is 0 Å². The number of benzene rings is 1. The Morgan fingerprint density at radius 3 is 2.88 bits per heavy atom. The summed E-state index contributed by atoms with van der Waals surface area (Å²) in [6.45, 7) is 0. The van der Waals surface area contributed by atoms with Crippen LogP contribution in [0.25, 0.3) is 11.5 Å². The minimum Gasteiger partial charge on any atom is -0.304 e. The number of fused-ring (bicyclic) bond motifs is 1. The highest BCUT2D eigenvalue weighted by Crippen LogP contribution is 2.47. The SMILES string of the molecule is Cn1c(S[C@@H]2CCc3c(Cl)cc(Cl)cc32)nnc1-c1cnccn1. The number of thioether (sulfide) groups is 1. The van der Waals surface area contributed by atoms with Crippen LogP contribution in [-0.4, -0.2) is 24.7 Å². The third-order valence-corrected chi connectivity index (χ3v) is 5.97. The molecule has 8 heteroatoms. The quantitative estimate of drug-likeness (QED) is 0.678. The molecule has 5 nitrogen and oxygen atoms in total. The largest absolute Gasteiger partial charge is 0.304 e. The van der Waals surface area contributed by atoms with E-state index in [0.29, 0.717) is 16.5 Å². The second kappa shape index (κ2) is 6.35. The van der Waals surface area contributed by atoms with Crippen LogP contribution in [0.1, 0.15) is 22.8 Å². The van der Waals surface area contributed by atoms with E-state index in [1.807, 2.05) is 23.7 Å². The van der Waals surface area contributed by atoms with Crippen molar-refractivity contribution in [3.05, 3.63) is 51.9 Å². The first-order chi connectivity index (χ1) is 11.6. The average molecular weight is 378 g/mol. The molecule has 1 aliphatic rings. The standard InChI is InChI=1S/C16H13Cl2N5S/c1-23-15(13-8-19-4-5-20-13)21-22-16(23)24-14-3-2-10-11(14)6-9(17)7-12(10)18/h4-8,14H,2-3H2,1H3/t14-/m1/s1. The lowest BCUT2D eigenvalue weighted by atomic mass is 10.1. The fourth-order valence-electron chi connectivity index (χ4n) is 2.91. The lowest BCUT2D eigenvalue weighted by molar-refractivity contribution is 0.782. The Labute approximate surface area is 153 Å². The third kappa shape index (κ3) is 2.79. The number of aromatic nitrogens is 5. The molecule has 1 aromatic carbocycles. The maximum absolute atomic E-state index is 6.32. The highest BCUT2D eigenvalue weighted by Gasteiger charge is 2.28. The Balaban J connectivity index is 1.64. The zero-order chi connectivity index (χ0) is 16.7. The molecule has 122 valence electrons. The van der Waals surface area contributed by atoms with Gasteiger partial charge in [0, 0.05) is 34.7 Å². The van der Waals surface area contributed by atoms with E-state index in [2.05, 4.69) is 20.2 Å². The molecule has 2 aromatic heterocycles. The summed E-state index contributed by atoms with van der Waals surface area (Å²) in [5.41, 5.74) is 3.09. The van der Waals surface area contributed by atoms with Crippen molar-refractivity contribution in [2.24, 2.45) is 7.05 Å². The van der Waals surface area contributed by atoms with Crippen LogP contribution in [0.4, 0.5) is 0 Å². The van der Waals surface area contributed by atoms with Gasteiger partial charge in [-0.25, -0.2) is 4.98 Å². The predicted molar refractivity (Wildman–Crippen MR) is 95.4 cm³/mol. The van der Waals surface area contributed by atoms with E-state index in [9.17, 15) is 0 Å². The summed E-state index contributed by atoms with van der Waals surface area (Å²) in [5.74, 6) is 0.702. The summed E-state index contributed by atoms with van der Waals surface area (Å²) in [6.07, 6.45) is 6.93. The van der Waals surface area contributed by atoms with Gasteiger partial charge in [-0.2, -0.15) is 0 Å². The number of halogens is 2. The molecule has 0 spiro atoms. The molecule has 1 aliphatic carbocycles. The monoisotopic (exact) mass is 377 g/mol. The zero-order valence-corrected chi connectivity index (χ0v) is 15.1. The molecule has 0 N–H and O–H groups in total. The van der Waals surface area contributed by atoms with Crippen LogP contribution < -0.4 is 0 Å². The summed E-state index contributed by atoms with van der Waals surface area (Å²) < 4.78 is 1.94. The maximum atomic E-state index is 6.32. The Morgan fingerprint density at radius 1 is 1.21 bits per heavy atom. The first-order valence-corrected chi connectivity index (χ1v) is 9.07. The van der Waals surface area contributed by atoms with Crippen molar-refractivity contribution < 1.29 is 0 Å². The molecule has 0 saturated carbocycles. The maximum Gasteiger partial charge on any atom is 0.191 e. The Kier molecular flexibility index (Phi) is 4.20. The van der Waals surface area contributed by atoms with E-state index in [-0.39, 0.29) is 5.25 Å². The van der Waals surface area contributed by atoms with E-state index in [1.54, 1.807) is 30.4 Å². The highest BCUT2D eigenvalue weighted by atomic mass is 35.5. The highest BCUT2D eigenvalue weighted by molar-refractivity contribution is 7.99.